The lowest BCUT2D eigenvalue weighted by Crippen LogP contribution is -2.11. The average Bonchev–Trinajstić information content (AvgIpc) is 3.03. The van der Waals surface area contributed by atoms with Gasteiger partial charge < -0.3 is 5.84 Å². The second-order valence-electron chi connectivity index (χ2n) is 6.70. The van der Waals surface area contributed by atoms with Crippen LogP contribution < -0.4 is 5.84 Å². The van der Waals surface area contributed by atoms with Crippen molar-refractivity contribution in [3.05, 3.63) is 83.1 Å². The van der Waals surface area contributed by atoms with Crippen molar-refractivity contribution in [3.8, 4) is 0 Å². The first-order valence-electron chi connectivity index (χ1n) is 8.66. The van der Waals surface area contributed by atoms with E-state index in [1.807, 2.05) is 48.5 Å². The molecule has 1 aromatic heterocycles. The van der Waals surface area contributed by atoms with E-state index in [2.05, 4.69) is 5.10 Å². The Bertz CT molecular complexity index is 1280. The fourth-order valence-electron chi connectivity index (χ4n) is 3.70. The highest BCUT2D eigenvalue weighted by Crippen LogP contribution is 2.32. The van der Waals surface area contributed by atoms with Crippen LogP contribution in [0.5, 0.6) is 0 Å². The maximum Gasteiger partial charge on any atom is 0.213 e. The quantitative estimate of drug-likeness (QED) is 0.443. The number of allylic oxidation sites excluding steroid dienone is 1. The minimum Gasteiger partial charge on any atom is -0.323 e. The SMILES string of the molecule is Nn1nc(C(=O)c2ccccc2)c2c3cc4c(cc3ccc21)C=CC(=O)C4. The van der Waals surface area contributed by atoms with Crippen molar-refractivity contribution in [2.24, 2.45) is 0 Å². The van der Waals surface area contributed by atoms with E-state index in [-0.39, 0.29) is 11.6 Å². The molecule has 5 heteroatoms. The summed E-state index contributed by atoms with van der Waals surface area (Å²) in [6.45, 7) is 0. The Kier molecular flexibility index (Phi) is 3.24. The Morgan fingerprint density at radius 2 is 1.85 bits per heavy atom. The Morgan fingerprint density at radius 3 is 2.67 bits per heavy atom. The molecule has 2 N–H and O–H groups in total. The lowest BCUT2D eigenvalue weighted by molar-refractivity contribution is -0.114. The number of nitrogens with two attached hydrogens (primary N) is 1. The third-order valence-corrected chi connectivity index (χ3v) is 5.01. The molecule has 130 valence electrons. The van der Waals surface area contributed by atoms with Crippen molar-refractivity contribution in [2.45, 2.75) is 6.42 Å². The fourth-order valence-corrected chi connectivity index (χ4v) is 3.70. The first-order valence-corrected chi connectivity index (χ1v) is 8.66. The molecule has 0 radical (unpaired) electrons. The zero-order valence-electron chi connectivity index (χ0n) is 14.3. The van der Waals surface area contributed by atoms with Crippen LogP contribution in [-0.2, 0) is 11.2 Å². The van der Waals surface area contributed by atoms with Gasteiger partial charge in [-0.05, 0) is 46.2 Å². The lowest BCUT2D eigenvalue weighted by Gasteiger charge is -2.12. The number of nitrogens with zero attached hydrogens (tertiary/aromatic N) is 2. The number of fused-ring (bicyclic) bond motifs is 4. The van der Waals surface area contributed by atoms with Crippen LogP contribution in [0.15, 0.2) is 60.7 Å². The minimum atomic E-state index is -0.175. The van der Waals surface area contributed by atoms with Gasteiger partial charge >= 0.3 is 0 Å². The predicted octanol–water partition coefficient (Wildman–Crippen LogP) is 3.27. The van der Waals surface area contributed by atoms with E-state index in [0.29, 0.717) is 28.6 Å². The molecule has 0 aliphatic heterocycles. The number of nitrogen functional groups attached to an aromatic ring is 1. The molecule has 5 rings (SSSR count). The number of carbonyl (C=O) groups excluding carboxylic acids is 2. The van der Waals surface area contributed by atoms with Crippen molar-refractivity contribution < 1.29 is 9.59 Å². The van der Waals surface area contributed by atoms with Crippen LogP contribution in [0.2, 0.25) is 0 Å². The van der Waals surface area contributed by atoms with Crippen LogP contribution in [-0.4, -0.2) is 21.5 Å². The average molecular weight is 353 g/mol. The van der Waals surface area contributed by atoms with Gasteiger partial charge in [-0.25, -0.2) is 0 Å². The largest absolute Gasteiger partial charge is 0.323 e. The van der Waals surface area contributed by atoms with Crippen molar-refractivity contribution in [1.82, 2.24) is 9.89 Å². The number of rotatable bonds is 2. The smallest absolute Gasteiger partial charge is 0.213 e. The Morgan fingerprint density at radius 1 is 1.04 bits per heavy atom. The molecule has 1 aliphatic rings. The third-order valence-electron chi connectivity index (χ3n) is 5.01. The van der Waals surface area contributed by atoms with Crippen molar-refractivity contribution in [1.29, 1.82) is 0 Å². The highest BCUT2D eigenvalue weighted by molar-refractivity contribution is 6.21. The Labute approximate surface area is 154 Å². The normalized spacial score (nSPS) is 13.3. The molecule has 0 bridgehead atoms. The molecule has 4 aromatic rings. The van der Waals surface area contributed by atoms with E-state index >= 15 is 0 Å². The lowest BCUT2D eigenvalue weighted by atomic mass is 9.91. The maximum atomic E-state index is 13.1. The summed E-state index contributed by atoms with van der Waals surface area (Å²) in [6.07, 6.45) is 3.80. The van der Waals surface area contributed by atoms with Crippen LogP contribution >= 0.6 is 0 Å². The van der Waals surface area contributed by atoms with Crippen LogP contribution in [0.3, 0.4) is 0 Å². The Balaban J connectivity index is 1.82. The zero-order valence-corrected chi connectivity index (χ0v) is 14.3. The standard InChI is InChI=1S/C22H15N3O2/c23-25-19-9-7-15-10-14-6-8-17(26)11-16(14)12-18(15)20(19)21(24-25)22(27)13-4-2-1-3-5-13/h1-10,12H,11,23H2. The summed E-state index contributed by atoms with van der Waals surface area (Å²) in [4.78, 5) is 26.1. The molecule has 1 heterocycles. The highest BCUT2D eigenvalue weighted by atomic mass is 16.1. The molecular weight excluding hydrogens is 338 g/mol. The maximum absolute atomic E-state index is 13.1. The summed E-state index contributed by atoms with van der Waals surface area (Å²) >= 11 is 0. The second-order valence-corrected chi connectivity index (χ2v) is 6.70. The van der Waals surface area contributed by atoms with E-state index in [9.17, 15) is 9.59 Å². The number of hydrogen-bond acceptors (Lipinski definition) is 4. The second kappa shape index (κ2) is 5.64. The molecule has 5 nitrogen and oxygen atoms in total. The summed E-state index contributed by atoms with van der Waals surface area (Å²) in [7, 11) is 0. The summed E-state index contributed by atoms with van der Waals surface area (Å²) in [5, 5.41) is 6.89. The molecule has 0 saturated heterocycles. The van der Waals surface area contributed by atoms with Crippen molar-refractivity contribution in [2.75, 3.05) is 5.84 Å². The number of aromatic nitrogens is 2. The van der Waals surface area contributed by atoms with Crippen molar-refractivity contribution >= 4 is 39.3 Å². The van der Waals surface area contributed by atoms with Crippen LogP contribution in [0.1, 0.15) is 27.2 Å². The molecule has 27 heavy (non-hydrogen) atoms. The van der Waals surface area contributed by atoms with E-state index in [0.717, 1.165) is 21.9 Å². The number of carbonyl (C=O) groups is 2. The minimum absolute atomic E-state index is 0.0733. The number of ketones is 2. The van der Waals surface area contributed by atoms with Crippen LogP contribution in [0, 0.1) is 0 Å². The molecule has 0 atom stereocenters. The topological polar surface area (TPSA) is 78.0 Å². The summed E-state index contributed by atoms with van der Waals surface area (Å²) < 4.78 is 0. The molecule has 0 fully saturated rings. The van der Waals surface area contributed by atoms with E-state index in [4.69, 9.17) is 5.84 Å². The molecule has 0 amide bonds. The van der Waals surface area contributed by atoms with Gasteiger partial charge in [0.15, 0.2) is 5.78 Å². The van der Waals surface area contributed by atoms with Crippen LogP contribution in [0.4, 0.5) is 0 Å². The molecule has 0 saturated carbocycles. The van der Waals surface area contributed by atoms with Gasteiger partial charge in [0.25, 0.3) is 0 Å². The summed E-state index contributed by atoms with van der Waals surface area (Å²) in [6, 6.07) is 16.9. The van der Waals surface area contributed by atoms with Gasteiger partial charge in [0.05, 0.1) is 5.52 Å². The molecule has 0 spiro atoms. The fraction of sp³-hybridized carbons (Fsp3) is 0.0455. The molecule has 0 unspecified atom stereocenters. The first-order chi connectivity index (χ1) is 13.1. The monoisotopic (exact) mass is 353 g/mol. The van der Waals surface area contributed by atoms with Gasteiger partial charge in [0.2, 0.25) is 5.78 Å². The predicted molar refractivity (Wildman–Crippen MR) is 105 cm³/mol. The zero-order chi connectivity index (χ0) is 18.5. The van der Waals surface area contributed by atoms with Gasteiger partial charge in [-0.15, -0.1) is 5.10 Å². The number of benzene rings is 3. The molecule has 3 aromatic carbocycles. The summed E-state index contributed by atoms with van der Waals surface area (Å²) in [5.74, 6) is 5.93. The Hall–Kier alpha value is -3.73. The van der Waals surface area contributed by atoms with Gasteiger partial charge in [0.1, 0.15) is 5.69 Å². The third kappa shape index (κ3) is 2.36. The van der Waals surface area contributed by atoms with Gasteiger partial charge in [-0.1, -0.05) is 42.5 Å². The summed E-state index contributed by atoms with van der Waals surface area (Å²) in [5.41, 5.74) is 3.54. The number of hydrogen-bond donors (Lipinski definition) is 1. The van der Waals surface area contributed by atoms with Crippen LogP contribution in [0.25, 0.3) is 27.8 Å². The van der Waals surface area contributed by atoms with E-state index in [1.165, 1.54) is 4.79 Å². The first kappa shape index (κ1) is 15.5. The molecule has 1 aliphatic carbocycles. The van der Waals surface area contributed by atoms with Crippen molar-refractivity contribution in [3.63, 3.8) is 0 Å². The van der Waals surface area contributed by atoms with E-state index < -0.39 is 0 Å². The molecular formula is C22H15N3O2. The van der Waals surface area contributed by atoms with Gasteiger partial charge in [-0.3, -0.25) is 9.59 Å². The highest BCUT2D eigenvalue weighted by Gasteiger charge is 2.21. The van der Waals surface area contributed by atoms with Gasteiger partial charge in [0, 0.05) is 17.4 Å². The van der Waals surface area contributed by atoms with E-state index in [1.54, 1.807) is 18.2 Å². The van der Waals surface area contributed by atoms with Gasteiger partial charge in [-0.2, -0.15) is 4.79 Å².